The highest BCUT2D eigenvalue weighted by molar-refractivity contribution is 9.11. The Balaban J connectivity index is 2.75. The van der Waals surface area contributed by atoms with Crippen molar-refractivity contribution in [1.82, 2.24) is 0 Å². The van der Waals surface area contributed by atoms with Crippen LogP contribution in [0.3, 0.4) is 0 Å². The highest BCUT2D eigenvalue weighted by Crippen LogP contribution is 2.40. The van der Waals surface area contributed by atoms with E-state index in [9.17, 15) is 13.2 Å². The standard InChI is InChI=1S/C6H6BrF3N2/c1-5(3-6(8,9)10)4(7)2-11-12-5/h2H,3H2,1H3. The molecule has 2 nitrogen and oxygen atoms in total. The SMILES string of the molecule is CC1(CC(F)(F)F)N=NC=C1Br. The molecule has 0 aromatic carbocycles. The molecule has 0 bridgehead atoms. The van der Waals surface area contributed by atoms with Gasteiger partial charge in [0.05, 0.1) is 12.6 Å². The quantitative estimate of drug-likeness (QED) is 0.674. The third-order valence-electron chi connectivity index (χ3n) is 1.51. The lowest BCUT2D eigenvalue weighted by Gasteiger charge is -2.20. The minimum Gasteiger partial charge on any atom is -0.177 e. The molecule has 1 unspecified atom stereocenters. The first-order chi connectivity index (χ1) is 5.33. The zero-order valence-corrected chi connectivity index (χ0v) is 7.78. The summed E-state index contributed by atoms with van der Waals surface area (Å²) in [4.78, 5) is 0. The molecule has 0 aromatic rings. The van der Waals surface area contributed by atoms with Crippen molar-refractivity contribution in [3.8, 4) is 0 Å². The number of hydrogen-bond donors (Lipinski definition) is 0. The van der Waals surface area contributed by atoms with Crippen LogP contribution in [0.15, 0.2) is 20.9 Å². The fourth-order valence-electron chi connectivity index (χ4n) is 0.904. The van der Waals surface area contributed by atoms with E-state index in [-0.39, 0.29) is 0 Å². The predicted molar refractivity (Wildman–Crippen MR) is 40.9 cm³/mol. The van der Waals surface area contributed by atoms with Gasteiger partial charge in [0.25, 0.3) is 0 Å². The third-order valence-corrected chi connectivity index (χ3v) is 2.57. The van der Waals surface area contributed by atoms with Gasteiger partial charge in [-0.3, -0.25) is 0 Å². The minimum absolute atomic E-state index is 0.368. The topological polar surface area (TPSA) is 24.7 Å². The fourth-order valence-corrected chi connectivity index (χ4v) is 1.21. The average Bonchev–Trinajstić information content (AvgIpc) is 2.08. The van der Waals surface area contributed by atoms with Crippen molar-refractivity contribution >= 4 is 15.9 Å². The fraction of sp³-hybridized carbons (Fsp3) is 0.667. The van der Waals surface area contributed by atoms with E-state index in [0.29, 0.717) is 4.48 Å². The monoisotopic (exact) mass is 242 g/mol. The Hall–Kier alpha value is -0.390. The molecule has 0 amide bonds. The molecule has 0 spiro atoms. The Morgan fingerprint density at radius 2 is 2.17 bits per heavy atom. The summed E-state index contributed by atoms with van der Waals surface area (Å²) in [7, 11) is 0. The van der Waals surface area contributed by atoms with Gasteiger partial charge >= 0.3 is 6.18 Å². The van der Waals surface area contributed by atoms with E-state index >= 15 is 0 Å². The van der Waals surface area contributed by atoms with Crippen molar-refractivity contribution in [2.24, 2.45) is 10.2 Å². The van der Waals surface area contributed by atoms with Crippen LogP contribution in [-0.4, -0.2) is 11.7 Å². The van der Waals surface area contributed by atoms with E-state index in [1.807, 2.05) is 0 Å². The summed E-state index contributed by atoms with van der Waals surface area (Å²) < 4.78 is 36.3. The van der Waals surface area contributed by atoms with Crippen LogP contribution in [0.1, 0.15) is 13.3 Å². The summed E-state index contributed by atoms with van der Waals surface area (Å²) in [5.41, 5.74) is -1.25. The molecular weight excluding hydrogens is 237 g/mol. The van der Waals surface area contributed by atoms with Gasteiger partial charge in [0, 0.05) is 4.48 Å². The first-order valence-electron chi connectivity index (χ1n) is 3.18. The second kappa shape index (κ2) is 2.83. The Morgan fingerprint density at radius 1 is 1.58 bits per heavy atom. The number of nitrogens with zero attached hydrogens (tertiary/aromatic N) is 2. The van der Waals surface area contributed by atoms with Crippen molar-refractivity contribution in [1.29, 1.82) is 0 Å². The van der Waals surface area contributed by atoms with Gasteiger partial charge in [0.1, 0.15) is 5.54 Å². The van der Waals surface area contributed by atoms with Crippen LogP contribution in [0.2, 0.25) is 0 Å². The van der Waals surface area contributed by atoms with Crippen molar-refractivity contribution in [2.75, 3.05) is 0 Å². The normalized spacial score (nSPS) is 29.2. The van der Waals surface area contributed by atoms with E-state index in [2.05, 4.69) is 26.2 Å². The lowest BCUT2D eigenvalue weighted by Crippen LogP contribution is -2.28. The largest absolute Gasteiger partial charge is 0.391 e. The Labute approximate surface area is 75.7 Å². The number of azo groups is 1. The number of halogens is 4. The summed E-state index contributed by atoms with van der Waals surface area (Å²) in [6, 6.07) is 0. The molecule has 0 N–H and O–H groups in total. The average molecular weight is 243 g/mol. The van der Waals surface area contributed by atoms with E-state index in [0.717, 1.165) is 0 Å². The van der Waals surface area contributed by atoms with Gasteiger partial charge in [-0.15, -0.1) is 0 Å². The Kier molecular flexibility index (Phi) is 2.29. The lowest BCUT2D eigenvalue weighted by atomic mass is 9.99. The van der Waals surface area contributed by atoms with E-state index in [1.54, 1.807) is 0 Å². The van der Waals surface area contributed by atoms with E-state index in [1.165, 1.54) is 13.1 Å². The van der Waals surface area contributed by atoms with Crippen molar-refractivity contribution in [3.05, 3.63) is 10.7 Å². The maximum Gasteiger partial charge on any atom is 0.391 e. The highest BCUT2D eigenvalue weighted by atomic mass is 79.9. The molecule has 1 aliphatic rings. The van der Waals surface area contributed by atoms with Gasteiger partial charge in [0.2, 0.25) is 0 Å². The van der Waals surface area contributed by atoms with Crippen LogP contribution in [-0.2, 0) is 0 Å². The zero-order valence-electron chi connectivity index (χ0n) is 6.19. The van der Waals surface area contributed by atoms with Crippen molar-refractivity contribution in [3.63, 3.8) is 0 Å². The van der Waals surface area contributed by atoms with E-state index < -0.39 is 18.1 Å². The number of alkyl halides is 3. The summed E-state index contributed by atoms with van der Waals surface area (Å²) in [6.45, 7) is 1.39. The van der Waals surface area contributed by atoms with Crippen LogP contribution >= 0.6 is 15.9 Å². The molecule has 0 saturated heterocycles. The summed E-state index contributed by atoms with van der Waals surface area (Å²) >= 11 is 2.99. The van der Waals surface area contributed by atoms with Crippen molar-refractivity contribution in [2.45, 2.75) is 25.1 Å². The summed E-state index contributed by atoms with van der Waals surface area (Å²) in [5, 5.41) is 6.92. The van der Waals surface area contributed by atoms with Gasteiger partial charge < -0.3 is 0 Å². The molecule has 0 radical (unpaired) electrons. The molecule has 1 rings (SSSR count). The Morgan fingerprint density at radius 3 is 2.50 bits per heavy atom. The molecule has 1 aliphatic heterocycles. The highest BCUT2D eigenvalue weighted by Gasteiger charge is 2.43. The number of hydrogen-bond acceptors (Lipinski definition) is 2. The third kappa shape index (κ3) is 2.06. The van der Waals surface area contributed by atoms with Crippen molar-refractivity contribution < 1.29 is 13.2 Å². The predicted octanol–water partition coefficient (Wildman–Crippen LogP) is 3.40. The lowest BCUT2D eigenvalue weighted by molar-refractivity contribution is -0.142. The molecule has 0 fully saturated rings. The van der Waals surface area contributed by atoms with Gasteiger partial charge in [-0.1, -0.05) is 15.9 Å². The molecule has 0 saturated carbocycles. The van der Waals surface area contributed by atoms with Gasteiger partial charge in [-0.25, -0.2) is 0 Å². The summed E-state index contributed by atoms with van der Waals surface area (Å²) in [5.74, 6) is 0. The van der Waals surface area contributed by atoms with Crippen LogP contribution in [0.5, 0.6) is 0 Å². The van der Waals surface area contributed by atoms with Crippen LogP contribution < -0.4 is 0 Å². The second-order valence-corrected chi connectivity index (χ2v) is 3.61. The van der Waals surface area contributed by atoms with Crippen LogP contribution in [0.25, 0.3) is 0 Å². The second-order valence-electron chi connectivity index (χ2n) is 2.76. The van der Waals surface area contributed by atoms with Gasteiger partial charge in [0.15, 0.2) is 0 Å². The van der Waals surface area contributed by atoms with Crippen LogP contribution in [0, 0.1) is 0 Å². The minimum atomic E-state index is -4.22. The molecule has 1 atom stereocenters. The molecule has 6 heteroatoms. The smallest absolute Gasteiger partial charge is 0.177 e. The maximum atomic E-state index is 12.0. The first kappa shape index (κ1) is 9.70. The van der Waals surface area contributed by atoms with E-state index in [4.69, 9.17) is 0 Å². The molecule has 68 valence electrons. The molecule has 1 heterocycles. The molecule has 12 heavy (non-hydrogen) atoms. The first-order valence-corrected chi connectivity index (χ1v) is 3.98. The molecule has 0 aromatic heterocycles. The Bertz CT molecular complexity index is 246. The van der Waals surface area contributed by atoms with Crippen LogP contribution in [0.4, 0.5) is 13.2 Å². The van der Waals surface area contributed by atoms with Gasteiger partial charge in [-0.05, 0) is 6.92 Å². The molecular formula is C6H6BrF3N2. The summed E-state index contributed by atoms with van der Waals surface area (Å²) in [6.07, 6.45) is -3.92. The zero-order chi connectivity index (χ0) is 9.41. The molecule has 0 aliphatic carbocycles. The maximum absolute atomic E-state index is 12.0. The van der Waals surface area contributed by atoms with Gasteiger partial charge in [-0.2, -0.15) is 23.4 Å². The number of rotatable bonds is 1.